The monoisotopic (exact) mass is 155 g/mol. The lowest BCUT2D eigenvalue weighted by molar-refractivity contribution is 0.312. The number of nitrogens with one attached hydrogen (secondary N) is 1. The van der Waals surface area contributed by atoms with E-state index in [1.165, 1.54) is 6.07 Å². The molecule has 0 aliphatic heterocycles. The molecule has 0 saturated carbocycles. The topological polar surface area (TPSA) is 60.2 Å². The fourth-order valence-corrected chi connectivity index (χ4v) is 0.570. The highest BCUT2D eigenvalue weighted by Gasteiger charge is 1.99. The lowest BCUT2D eigenvalue weighted by Gasteiger charge is -2.06. The maximum absolute atomic E-state index is 12.2. The van der Waals surface area contributed by atoms with Crippen LogP contribution in [0, 0.1) is 11.2 Å². The molecule has 0 radical (unpaired) electrons. The maximum atomic E-state index is 12.2. The molecular weight excluding hydrogens is 149 g/mol. The van der Waals surface area contributed by atoms with Crippen molar-refractivity contribution in [3.63, 3.8) is 0 Å². The van der Waals surface area contributed by atoms with Gasteiger partial charge in [-0.15, -0.1) is 0 Å². The summed E-state index contributed by atoms with van der Waals surface area (Å²) in [5.74, 6) is -0.367. The largest absolute Gasteiger partial charge is 0.289 e. The predicted octanol–water partition coefficient (Wildman–Crippen LogP) is 1.02. The average molecular weight is 155 g/mol. The Hall–Kier alpha value is -1.49. The summed E-state index contributed by atoms with van der Waals surface area (Å²) < 4.78 is 12.2. The molecule has 0 aliphatic carbocycles. The zero-order valence-electron chi connectivity index (χ0n) is 5.53. The first-order valence-electron chi connectivity index (χ1n) is 2.84. The fraction of sp³-hybridized carbons (Fsp3) is 0. The summed E-state index contributed by atoms with van der Waals surface area (Å²) >= 11 is 0. The minimum atomic E-state index is -0.480. The van der Waals surface area contributed by atoms with E-state index in [1.807, 2.05) is 0 Å². The Labute approximate surface area is 62.4 Å². The van der Waals surface area contributed by atoms with Crippen molar-refractivity contribution in [2.45, 2.75) is 0 Å². The highest BCUT2D eigenvalue weighted by molar-refractivity contribution is 5.71. The third-order valence-electron chi connectivity index (χ3n) is 1.07. The molecule has 4 nitrogen and oxygen atoms in total. The van der Waals surface area contributed by atoms with Crippen LogP contribution in [0.15, 0.2) is 18.3 Å². The molecule has 1 aromatic rings. The van der Waals surface area contributed by atoms with E-state index in [0.29, 0.717) is 11.4 Å². The molecule has 0 amide bonds. The Morgan fingerprint density at radius 3 is 2.82 bits per heavy atom. The molecule has 2 N–H and O–H groups in total. The molecule has 1 aromatic heterocycles. The van der Waals surface area contributed by atoms with Gasteiger partial charge < -0.3 is 0 Å². The van der Waals surface area contributed by atoms with Gasteiger partial charge in [0, 0.05) is 0 Å². The van der Waals surface area contributed by atoms with Gasteiger partial charge in [0.2, 0.25) is 0 Å². The number of nitrogens with zero attached hydrogens (tertiary/aromatic N) is 2. The van der Waals surface area contributed by atoms with Gasteiger partial charge in [-0.2, -0.15) is 5.06 Å². The number of halogens is 1. The van der Waals surface area contributed by atoms with Gasteiger partial charge in [-0.1, -0.05) is 0 Å². The minimum Gasteiger partial charge on any atom is -0.289 e. The van der Waals surface area contributed by atoms with E-state index >= 15 is 0 Å². The highest BCUT2D eigenvalue weighted by atomic mass is 19.1. The number of rotatable bonds is 2. The number of anilines is 1. The van der Waals surface area contributed by atoms with E-state index in [0.717, 1.165) is 12.3 Å². The van der Waals surface area contributed by atoms with Crippen molar-refractivity contribution in [3.8, 4) is 0 Å². The van der Waals surface area contributed by atoms with Crippen molar-refractivity contribution < 1.29 is 9.60 Å². The molecule has 5 heteroatoms. The second kappa shape index (κ2) is 3.07. The summed E-state index contributed by atoms with van der Waals surface area (Å²) in [5.41, 5.74) is 0. The summed E-state index contributed by atoms with van der Waals surface area (Å²) in [5, 5.41) is 15.9. The number of pyridine rings is 1. The molecule has 0 spiro atoms. The van der Waals surface area contributed by atoms with Crippen molar-refractivity contribution in [1.29, 1.82) is 5.41 Å². The molecule has 1 rings (SSSR count). The second-order valence-electron chi connectivity index (χ2n) is 1.81. The third-order valence-corrected chi connectivity index (χ3v) is 1.07. The molecule has 1 heterocycles. The molecule has 0 atom stereocenters. The van der Waals surface area contributed by atoms with E-state index in [2.05, 4.69) is 4.98 Å². The van der Waals surface area contributed by atoms with E-state index in [9.17, 15) is 4.39 Å². The van der Waals surface area contributed by atoms with Crippen LogP contribution < -0.4 is 5.06 Å². The quantitative estimate of drug-likeness (QED) is 0.381. The normalized spacial score (nSPS) is 9.27. The van der Waals surface area contributed by atoms with E-state index in [4.69, 9.17) is 10.6 Å². The molecule has 0 fully saturated rings. The highest BCUT2D eigenvalue weighted by Crippen LogP contribution is 2.05. The van der Waals surface area contributed by atoms with Gasteiger partial charge in [0.05, 0.1) is 6.20 Å². The van der Waals surface area contributed by atoms with Crippen molar-refractivity contribution in [2.24, 2.45) is 0 Å². The lowest BCUT2D eigenvalue weighted by atomic mass is 10.4. The van der Waals surface area contributed by atoms with E-state index < -0.39 is 5.82 Å². The first kappa shape index (κ1) is 7.62. The van der Waals surface area contributed by atoms with E-state index in [1.54, 1.807) is 0 Å². The molecule has 0 bridgehead atoms. The van der Waals surface area contributed by atoms with Gasteiger partial charge in [-0.3, -0.25) is 10.6 Å². The maximum Gasteiger partial charge on any atom is 0.158 e. The minimum absolute atomic E-state index is 0.112. The molecule has 0 aliphatic rings. The van der Waals surface area contributed by atoms with Gasteiger partial charge in [-0.25, -0.2) is 9.37 Å². The first-order valence-corrected chi connectivity index (χ1v) is 2.84. The predicted molar refractivity (Wildman–Crippen MR) is 37.2 cm³/mol. The van der Waals surface area contributed by atoms with Crippen LogP contribution in [0.4, 0.5) is 10.2 Å². The summed E-state index contributed by atoms with van der Waals surface area (Å²) in [4.78, 5) is 3.50. The zero-order chi connectivity index (χ0) is 8.27. The molecule has 0 unspecified atom stereocenters. The summed E-state index contributed by atoms with van der Waals surface area (Å²) in [6.07, 6.45) is 1.63. The van der Waals surface area contributed by atoms with Crippen LogP contribution in [-0.2, 0) is 0 Å². The Morgan fingerprint density at radius 2 is 2.36 bits per heavy atom. The van der Waals surface area contributed by atoms with Crippen LogP contribution in [0.25, 0.3) is 0 Å². The van der Waals surface area contributed by atoms with Gasteiger partial charge in [0.15, 0.2) is 5.82 Å². The number of aromatic nitrogens is 1. The van der Waals surface area contributed by atoms with Crippen LogP contribution in [0.3, 0.4) is 0 Å². The lowest BCUT2D eigenvalue weighted by Crippen LogP contribution is -2.15. The van der Waals surface area contributed by atoms with Gasteiger partial charge in [-0.05, 0) is 12.1 Å². The SMILES string of the molecule is N=CN(O)c1ccc(F)cn1. The Bertz CT molecular complexity index is 249. The van der Waals surface area contributed by atoms with Crippen molar-refractivity contribution in [3.05, 3.63) is 24.1 Å². The van der Waals surface area contributed by atoms with Gasteiger partial charge >= 0.3 is 0 Å². The molecule has 11 heavy (non-hydrogen) atoms. The van der Waals surface area contributed by atoms with Gasteiger partial charge in [0.1, 0.15) is 12.2 Å². The van der Waals surface area contributed by atoms with Crippen LogP contribution >= 0.6 is 0 Å². The Balaban J connectivity index is 2.89. The van der Waals surface area contributed by atoms with Crippen LogP contribution in [0.1, 0.15) is 0 Å². The van der Waals surface area contributed by atoms with Crippen molar-refractivity contribution in [2.75, 3.05) is 5.06 Å². The number of hydrogen-bond acceptors (Lipinski definition) is 3. The molecule has 0 saturated heterocycles. The Kier molecular flexibility index (Phi) is 2.12. The fourth-order valence-electron chi connectivity index (χ4n) is 0.570. The van der Waals surface area contributed by atoms with E-state index in [-0.39, 0.29) is 5.82 Å². The number of hydroxylamine groups is 1. The molecule has 0 aromatic carbocycles. The zero-order valence-corrected chi connectivity index (χ0v) is 5.53. The number of hydrogen-bond donors (Lipinski definition) is 2. The van der Waals surface area contributed by atoms with Crippen LogP contribution in [-0.4, -0.2) is 16.5 Å². The first-order chi connectivity index (χ1) is 5.24. The van der Waals surface area contributed by atoms with Crippen molar-refractivity contribution >= 4 is 12.2 Å². The van der Waals surface area contributed by atoms with Crippen LogP contribution in [0.2, 0.25) is 0 Å². The summed E-state index contributed by atoms with van der Waals surface area (Å²) in [7, 11) is 0. The summed E-state index contributed by atoms with van der Waals surface area (Å²) in [6, 6.07) is 2.41. The Morgan fingerprint density at radius 1 is 1.64 bits per heavy atom. The molecule has 58 valence electrons. The van der Waals surface area contributed by atoms with Gasteiger partial charge in [0.25, 0.3) is 0 Å². The summed E-state index contributed by atoms with van der Waals surface area (Å²) in [6.45, 7) is 0. The van der Waals surface area contributed by atoms with Crippen LogP contribution in [0.5, 0.6) is 0 Å². The third kappa shape index (κ3) is 1.71. The molecular formula is C6H6FN3O. The smallest absolute Gasteiger partial charge is 0.158 e. The second-order valence-corrected chi connectivity index (χ2v) is 1.81. The standard InChI is InChI=1S/C6H6FN3O/c7-5-1-2-6(9-3-5)10(11)4-8/h1-4,8,11H. The van der Waals surface area contributed by atoms with Crippen molar-refractivity contribution in [1.82, 2.24) is 4.98 Å². The average Bonchev–Trinajstić information content (AvgIpc) is 2.05.